The van der Waals surface area contributed by atoms with Crippen molar-refractivity contribution in [2.45, 2.75) is 6.42 Å². The monoisotopic (exact) mass is 215 g/mol. The Bertz CT molecular complexity index is 229. The molecule has 0 aliphatic carbocycles. The van der Waals surface area contributed by atoms with Crippen molar-refractivity contribution in [3.8, 4) is 0 Å². The fraction of sp³-hybridized carbons (Fsp3) is 0.429. The molecule has 1 heterocycles. The molecule has 0 saturated heterocycles. The molecule has 0 saturated carbocycles. The van der Waals surface area contributed by atoms with Crippen molar-refractivity contribution < 1.29 is 4.74 Å². The van der Waals surface area contributed by atoms with Crippen LogP contribution >= 0.6 is 15.9 Å². The zero-order valence-electron chi connectivity index (χ0n) is 6.17. The minimum Gasteiger partial charge on any atom is -0.384 e. The summed E-state index contributed by atoms with van der Waals surface area (Å²) in [6.07, 6.45) is 2.34. The minimum atomic E-state index is 0.649. The van der Waals surface area contributed by atoms with Crippen LogP contribution in [-0.2, 0) is 11.2 Å². The minimum absolute atomic E-state index is 0.649. The van der Waals surface area contributed by atoms with E-state index in [4.69, 9.17) is 4.74 Å². The van der Waals surface area contributed by atoms with Gasteiger partial charge in [-0.1, -0.05) is 0 Å². The second-order valence-electron chi connectivity index (χ2n) is 1.96. The van der Waals surface area contributed by atoms with E-state index in [2.05, 4.69) is 32.0 Å². The molecule has 59 valence electrons. The van der Waals surface area contributed by atoms with E-state index in [1.807, 2.05) is 0 Å². The summed E-state index contributed by atoms with van der Waals surface area (Å²) in [4.78, 5) is 8.08. The lowest BCUT2D eigenvalue weighted by Crippen LogP contribution is -1.99. The van der Waals surface area contributed by atoms with Crippen LogP contribution in [0.1, 0.15) is 5.82 Å². The molecule has 0 aromatic carbocycles. The zero-order chi connectivity index (χ0) is 8.10. The second-order valence-corrected chi connectivity index (χ2v) is 2.72. The second kappa shape index (κ2) is 4.41. The molecular formula is C7H8BrN2O. The number of halogens is 1. The SMILES string of the molecule is COCCc1nc[c]c(Br)n1. The van der Waals surface area contributed by atoms with Crippen LogP contribution in [-0.4, -0.2) is 23.7 Å². The number of hydrogen-bond acceptors (Lipinski definition) is 3. The van der Waals surface area contributed by atoms with Crippen LogP contribution in [0.25, 0.3) is 0 Å². The molecule has 1 aromatic rings. The summed E-state index contributed by atoms with van der Waals surface area (Å²) in [5, 5.41) is 0. The fourth-order valence-electron chi connectivity index (χ4n) is 0.648. The van der Waals surface area contributed by atoms with Crippen molar-refractivity contribution in [3.63, 3.8) is 0 Å². The van der Waals surface area contributed by atoms with Gasteiger partial charge in [0, 0.05) is 25.8 Å². The third-order valence-electron chi connectivity index (χ3n) is 1.15. The molecule has 0 atom stereocenters. The lowest BCUT2D eigenvalue weighted by Gasteiger charge is -1.97. The number of nitrogens with zero attached hydrogens (tertiary/aromatic N) is 2. The van der Waals surface area contributed by atoms with Gasteiger partial charge in [0.25, 0.3) is 0 Å². The summed E-state index contributed by atoms with van der Waals surface area (Å²) < 4.78 is 5.57. The Morgan fingerprint density at radius 2 is 2.55 bits per heavy atom. The summed E-state index contributed by atoms with van der Waals surface area (Å²) in [5.41, 5.74) is 0. The molecule has 4 heteroatoms. The van der Waals surface area contributed by atoms with Gasteiger partial charge in [0.05, 0.1) is 6.61 Å². The van der Waals surface area contributed by atoms with Gasteiger partial charge >= 0.3 is 0 Å². The molecule has 0 aliphatic rings. The average Bonchev–Trinajstić information content (AvgIpc) is 2.01. The first-order valence-electron chi connectivity index (χ1n) is 3.21. The van der Waals surface area contributed by atoms with E-state index in [1.165, 1.54) is 0 Å². The van der Waals surface area contributed by atoms with E-state index >= 15 is 0 Å². The highest BCUT2D eigenvalue weighted by Crippen LogP contribution is 2.02. The molecule has 1 radical (unpaired) electrons. The molecule has 0 spiro atoms. The van der Waals surface area contributed by atoms with Gasteiger partial charge in [-0.25, -0.2) is 9.97 Å². The molecule has 11 heavy (non-hydrogen) atoms. The van der Waals surface area contributed by atoms with Crippen LogP contribution in [0.4, 0.5) is 0 Å². The van der Waals surface area contributed by atoms with E-state index in [0.29, 0.717) is 11.2 Å². The third kappa shape index (κ3) is 2.95. The molecule has 0 aliphatic heterocycles. The summed E-state index contributed by atoms with van der Waals surface area (Å²) >= 11 is 3.21. The molecule has 3 nitrogen and oxygen atoms in total. The van der Waals surface area contributed by atoms with Gasteiger partial charge in [0.15, 0.2) is 0 Å². The van der Waals surface area contributed by atoms with Gasteiger partial charge < -0.3 is 4.74 Å². The van der Waals surface area contributed by atoms with E-state index < -0.39 is 0 Å². The lowest BCUT2D eigenvalue weighted by molar-refractivity contribution is 0.200. The molecule has 0 fully saturated rings. The smallest absolute Gasteiger partial charge is 0.131 e. The number of hydrogen-bond donors (Lipinski definition) is 0. The first-order chi connectivity index (χ1) is 5.33. The highest BCUT2D eigenvalue weighted by molar-refractivity contribution is 9.10. The Morgan fingerprint density at radius 3 is 3.18 bits per heavy atom. The van der Waals surface area contributed by atoms with Crippen molar-refractivity contribution in [3.05, 3.63) is 22.7 Å². The highest BCUT2D eigenvalue weighted by atomic mass is 79.9. The summed E-state index contributed by atoms with van der Waals surface area (Å²) in [6.45, 7) is 0.649. The van der Waals surface area contributed by atoms with Crippen LogP contribution in [0.5, 0.6) is 0 Å². The quantitative estimate of drug-likeness (QED) is 0.712. The molecule has 0 bridgehead atoms. The van der Waals surface area contributed by atoms with Crippen molar-refractivity contribution in [2.24, 2.45) is 0 Å². The maximum absolute atomic E-state index is 4.88. The van der Waals surface area contributed by atoms with Gasteiger partial charge in [0.1, 0.15) is 10.4 Å². The maximum Gasteiger partial charge on any atom is 0.131 e. The Kier molecular flexibility index (Phi) is 3.45. The maximum atomic E-state index is 4.88. The summed E-state index contributed by atoms with van der Waals surface area (Å²) in [5.74, 6) is 0.775. The van der Waals surface area contributed by atoms with Gasteiger partial charge in [-0.05, 0) is 15.9 Å². The van der Waals surface area contributed by atoms with E-state index in [-0.39, 0.29) is 0 Å². The Balaban J connectivity index is 2.56. The zero-order valence-corrected chi connectivity index (χ0v) is 7.76. The molecular weight excluding hydrogens is 208 g/mol. The first-order valence-corrected chi connectivity index (χ1v) is 4.00. The Morgan fingerprint density at radius 1 is 1.73 bits per heavy atom. The number of ether oxygens (including phenoxy) is 1. The fourth-order valence-corrected chi connectivity index (χ4v) is 0.955. The van der Waals surface area contributed by atoms with E-state index in [0.717, 1.165) is 12.2 Å². The van der Waals surface area contributed by atoms with Crippen LogP contribution in [0, 0.1) is 6.07 Å². The summed E-state index contributed by atoms with van der Waals surface area (Å²) in [7, 11) is 1.66. The highest BCUT2D eigenvalue weighted by Gasteiger charge is 1.95. The van der Waals surface area contributed by atoms with Gasteiger partial charge in [-0.3, -0.25) is 0 Å². The van der Waals surface area contributed by atoms with Gasteiger partial charge in [-0.15, -0.1) is 0 Å². The van der Waals surface area contributed by atoms with Gasteiger partial charge in [-0.2, -0.15) is 0 Å². The normalized spacial score (nSPS) is 10.0. The third-order valence-corrected chi connectivity index (χ3v) is 1.56. The van der Waals surface area contributed by atoms with Crippen LogP contribution < -0.4 is 0 Å². The van der Waals surface area contributed by atoms with Crippen molar-refractivity contribution >= 4 is 15.9 Å². The summed E-state index contributed by atoms with van der Waals surface area (Å²) in [6, 6.07) is 2.80. The first kappa shape index (κ1) is 8.62. The van der Waals surface area contributed by atoms with Crippen molar-refractivity contribution in [2.75, 3.05) is 13.7 Å². The number of rotatable bonds is 3. The molecule has 1 rings (SSSR count). The largest absolute Gasteiger partial charge is 0.384 e. The molecule has 0 unspecified atom stereocenters. The predicted molar refractivity (Wildman–Crippen MR) is 44.1 cm³/mol. The Hall–Kier alpha value is -0.480. The molecule has 0 N–H and O–H groups in total. The Labute approximate surface area is 73.9 Å². The standard InChI is InChI=1S/C7H8BrN2O/c1-11-5-3-7-9-4-2-6(8)10-7/h4H,3,5H2,1H3. The molecule has 1 aromatic heterocycles. The molecule has 0 amide bonds. The van der Waals surface area contributed by atoms with Crippen molar-refractivity contribution in [1.29, 1.82) is 0 Å². The van der Waals surface area contributed by atoms with Gasteiger partial charge in [0.2, 0.25) is 0 Å². The van der Waals surface area contributed by atoms with E-state index in [9.17, 15) is 0 Å². The van der Waals surface area contributed by atoms with Crippen molar-refractivity contribution in [1.82, 2.24) is 9.97 Å². The van der Waals surface area contributed by atoms with Crippen LogP contribution in [0.15, 0.2) is 10.8 Å². The predicted octanol–water partition coefficient (Wildman–Crippen LogP) is 1.23. The number of aromatic nitrogens is 2. The number of methoxy groups -OCH3 is 1. The van der Waals surface area contributed by atoms with E-state index in [1.54, 1.807) is 13.3 Å². The van der Waals surface area contributed by atoms with Crippen LogP contribution in [0.3, 0.4) is 0 Å². The topological polar surface area (TPSA) is 35.0 Å². The average molecular weight is 216 g/mol. The van der Waals surface area contributed by atoms with Crippen LogP contribution in [0.2, 0.25) is 0 Å². The lowest BCUT2D eigenvalue weighted by atomic mass is 10.4.